The lowest BCUT2D eigenvalue weighted by atomic mass is 10.1. The van der Waals surface area contributed by atoms with E-state index in [4.69, 9.17) is 4.99 Å². The molecule has 2 N–H and O–H groups in total. The first-order valence-electron chi connectivity index (χ1n) is 10.4. The molecule has 31 heavy (non-hydrogen) atoms. The van der Waals surface area contributed by atoms with Crippen LogP contribution in [0.1, 0.15) is 28.4 Å². The fourth-order valence-corrected chi connectivity index (χ4v) is 3.26. The Morgan fingerprint density at radius 3 is 2.39 bits per heavy atom. The van der Waals surface area contributed by atoms with Crippen LogP contribution in [0.5, 0.6) is 0 Å². The molecular weight excluding hydrogens is 501 g/mol. The number of nitrogens with zero attached hydrogens (tertiary/aromatic N) is 3. The first-order valence-corrected chi connectivity index (χ1v) is 10.4. The highest BCUT2D eigenvalue weighted by Crippen LogP contribution is 2.19. The third-order valence-corrected chi connectivity index (χ3v) is 4.92. The van der Waals surface area contributed by atoms with Crippen LogP contribution >= 0.6 is 24.0 Å². The lowest BCUT2D eigenvalue weighted by Crippen LogP contribution is -2.36. The normalized spacial score (nSPS) is 13.0. The number of carbonyl (C=O) groups excluding carboxylic acids is 1. The fraction of sp³-hybridized carbons (Fsp3) is 0.333. The molecule has 0 bridgehead atoms. The van der Waals surface area contributed by atoms with Gasteiger partial charge < -0.3 is 20.4 Å². The highest BCUT2D eigenvalue weighted by Gasteiger charge is 2.09. The summed E-state index contributed by atoms with van der Waals surface area (Å²) < 4.78 is 0. The van der Waals surface area contributed by atoms with Crippen LogP contribution in [0.3, 0.4) is 0 Å². The summed E-state index contributed by atoms with van der Waals surface area (Å²) in [4.78, 5) is 20.7. The number of hydrogen-bond acceptors (Lipinski definition) is 3. The van der Waals surface area contributed by atoms with Gasteiger partial charge in [0.15, 0.2) is 5.96 Å². The monoisotopic (exact) mass is 533 g/mol. The molecular formula is C24H32IN5O. The standard InChI is InChI=1S/C24H31N5O.HI/c1-4-25-24(26-17-19-10-12-21(13-11-19)23(30)28(2)3)27-18-20-8-7-9-22(16-20)29-14-5-6-15-29;/h5-13,16H,4,14-15,17-18H2,1-3H3,(H2,25,26,27);1H. The van der Waals surface area contributed by atoms with Crippen molar-refractivity contribution >= 4 is 41.5 Å². The summed E-state index contributed by atoms with van der Waals surface area (Å²) in [5.74, 6) is 0.788. The number of halogens is 1. The molecule has 1 aliphatic rings. The Labute approximate surface area is 202 Å². The molecule has 166 valence electrons. The zero-order chi connectivity index (χ0) is 21.3. The summed E-state index contributed by atoms with van der Waals surface area (Å²) in [6.07, 6.45) is 4.39. The number of nitrogens with one attached hydrogen (secondary N) is 2. The predicted octanol–water partition coefficient (Wildman–Crippen LogP) is 3.64. The molecule has 0 fully saturated rings. The lowest BCUT2D eigenvalue weighted by molar-refractivity contribution is 0.0827. The van der Waals surface area contributed by atoms with Gasteiger partial charge >= 0.3 is 0 Å². The van der Waals surface area contributed by atoms with Crippen LogP contribution in [-0.4, -0.2) is 50.5 Å². The van der Waals surface area contributed by atoms with Crippen LogP contribution in [-0.2, 0) is 13.1 Å². The van der Waals surface area contributed by atoms with Gasteiger partial charge in [-0.2, -0.15) is 0 Å². The second-order valence-electron chi connectivity index (χ2n) is 7.49. The molecule has 2 aromatic rings. The van der Waals surface area contributed by atoms with E-state index in [0.29, 0.717) is 18.7 Å². The first kappa shape index (κ1) is 24.7. The smallest absolute Gasteiger partial charge is 0.253 e. The van der Waals surface area contributed by atoms with Gasteiger partial charge in [-0.1, -0.05) is 36.4 Å². The topological polar surface area (TPSA) is 60.0 Å². The summed E-state index contributed by atoms with van der Waals surface area (Å²) in [5, 5.41) is 6.67. The third kappa shape index (κ3) is 7.27. The van der Waals surface area contributed by atoms with Crippen molar-refractivity contribution in [3.05, 3.63) is 77.4 Å². The second-order valence-corrected chi connectivity index (χ2v) is 7.49. The largest absolute Gasteiger partial charge is 0.364 e. The molecule has 0 radical (unpaired) electrons. The first-order chi connectivity index (χ1) is 14.6. The maximum Gasteiger partial charge on any atom is 0.253 e. The van der Waals surface area contributed by atoms with Gasteiger partial charge in [0.1, 0.15) is 0 Å². The summed E-state index contributed by atoms with van der Waals surface area (Å²) in [6, 6.07) is 16.2. The fourth-order valence-electron chi connectivity index (χ4n) is 3.26. The van der Waals surface area contributed by atoms with Gasteiger partial charge in [-0.05, 0) is 42.3 Å². The number of aliphatic imine (C=N–C) groups is 1. The van der Waals surface area contributed by atoms with E-state index in [-0.39, 0.29) is 29.9 Å². The van der Waals surface area contributed by atoms with Crippen LogP contribution in [0.15, 0.2) is 65.7 Å². The Bertz CT molecular complexity index is 900. The summed E-state index contributed by atoms with van der Waals surface area (Å²) >= 11 is 0. The SMILES string of the molecule is CCNC(=NCc1cccc(N2CC=CC2)c1)NCc1ccc(C(=O)N(C)C)cc1.I. The van der Waals surface area contributed by atoms with E-state index >= 15 is 0 Å². The Morgan fingerprint density at radius 2 is 1.74 bits per heavy atom. The molecule has 1 heterocycles. The van der Waals surface area contributed by atoms with Crippen molar-refractivity contribution in [2.75, 3.05) is 38.6 Å². The zero-order valence-corrected chi connectivity index (χ0v) is 20.8. The van der Waals surface area contributed by atoms with Gasteiger partial charge in [-0.15, -0.1) is 24.0 Å². The van der Waals surface area contributed by atoms with Crippen LogP contribution in [0.4, 0.5) is 5.69 Å². The van der Waals surface area contributed by atoms with Crippen molar-refractivity contribution in [2.45, 2.75) is 20.0 Å². The number of hydrogen-bond donors (Lipinski definition) is 2. The highest BCUT2D eigenvalue weighted by molar-refractivity contribution is 14.0. The van der Waals surface area contributed by atoms with Gasteiger partial charge in [0.25, 0.3) is 5.91 Å². The van der Waals surface area contributed by atoms with Crippen molar-refractivity contribution < 1.29 is 4.79 Å². The summed E-state index contributed by atoms with van der Waals surface area (Å²) in [6.45, 7) is 6.04. The predicted molar refractivity (Wildman–Crippen MR) is 139 cm³/mol. The Kier molecular flexibility index (Phi) is 9.84. The zero-order valence-electron chi connectivity index (χ0n) is 18.5. The molecule has 7 heteroatoms. The van der Waals surface area contributed by atoms with Crippen molar-refractivity contribution in [2.24, 2.45) is 4.99 Å². The molecule has 6 nitrogen and oxygen atoms in total. The minimum Gasteiger partial charge on any atom is -0.364 e. The minimum atomic E-state index is 0. The van der Waals surface area contributed by atoms with Gasteiger partial charge in [-0.25, -0.2) is 4.99 Å². The number of amides is 1. The number of rotatable bonds is 7. The van der Waals surface area contributed by atoms with Crippen LogP contribution < -0.4 is 15.5 Å². The Morgan fingerprint density at radius 1 is 1.03 bits per heavy atom. The number of guanidine groups is 1. The molecule has 1 aliphatic heterocycles. The quantitative estimate of drug-likeness (QED) is 0.247. The van der Waals surface area contributed by atoms with E-state index in [0.717, 1.165) is 31.2 Å². The highest BCUT2D eigenvalue weighted by atomic mass is 127. The molecule has 0 saturated heterocycles. The molecule has 0 saturated carbocycles. The van der Waals surface area contributed by atoms with Crippen molar-refractivity contribution in [3.63, 3.8) is 0 Å². The van der Waals surface area contributed by atoms with E-state index < -0.39 is 0 Å². The maximum atomic E-state index is 12.0. The van der Waals surface area contributed by atoms with Gasteiger partial charge in [0.2, 0.25) is 0 Å². The van der Waals surface area contributed by atoms with Crippen LogP contribution in [0.25, 0.3) is 0 Å². The molecule has 2 aromatic carbocycles. The van der Waals surface area contributed by atoms with Crippen molar-refractivity contribution in [3.8, 4) is 0 Å². The maximum absolute atomic E-state index is 12.0. The van der Waals surface area contributed by atoms with E-state index in [2.05, 4.69) is 58.9 Å². The number of benzene rings is 2. The average Bonchev–Trinajstić information content (AvgIpc) is 3.31. The van der Waals surface area contributed by atoms with Gasteiger partial charge in [0.05, 0.1) is 6.54 Å². The minimum absolute atomic E-state index is 0. The molecule has 0 atom stereocenters. The Hall–Kier alpha value is -2.55. The van der Waals surface area contributed by atoms with E-state index in [9.17, 15) is 4.79 Å². The third-order valence-electron chi connectivity index (χ3n) is 4.92. The molecule has 0 aromatic heterocycles. The van der Waals surface area contributed by atoms with Crippen LogP contribution in [0.2, 0.25) is 0 Å². The Balaban J connectivity index is 0.00000341. The van der Waals surface area contributed by atoms with Crippen molar-refractivity contribution in [1.82, 2.24) is 15.5 Å². The molecule has 0 aliphatic carbocycles. The summed E-state index contributed by atoms with van der Waals surface area (Å²) in [7, 11) is 3.52. The average molecular weight is 533 g/mol. The molecule has 1 amide bonds. The number of anilines is 1. The molecule has 0 spiro atoms. The van der Waals surface area contributed by atoms with Gasteiger partial charge in [-0.3, -0.25) is 4.79 Å². The summed E-state index contributed by atoms with van der Waals surface area (Å²) in [5.41, 5.74) is 4.21. The molecule has 0 unspecified atom stereocenters. The lowest BCUT2D eigenvalue weighted by Gasteiger charge is -2.18. The van der Waals surface area contributed by atoms with E-state index in [1.807, 2.05) is 24.3 Å². The number of carbonyl (C=O) groups is 1. The molecule has 3 rings (SSSR count). The second kappa shape index (κ2) is 12.3. The van der Waals surface area contributed by atoms with Crippen LogP contribution in [0, 0.1) is 0 Å². The van der Waals surface area contributed by atoms with E-state index in [1.165, 1.54) is 11.3 Å². The van der Waals surface area contributed by atoms with E-state index in [1.54, 1.807) is 19.0 Å². The van der Waals surface area contributed by atoms with Gasteiger partial charge in [0, 0.05) is 51.5 Å². The van der Waals surface area contributed by atoms with Crippen molar-refractivity contribution in [1.29, 1.82) is 0 Å².